The van der Waals surface area contributed by atoms with E-state index >= 15 is 0 Å². The first-order valence-electron chi connectivity index (χ1n) is 4.24. The summed E-state index contributed by atoms with van der Waals surface area (Å²) < 4.78 is 0. The predicted molar refractivity (Wildman–Crippen MR) is 58.4 cm³/mol. The van der Waals surface area contributed by atoms with Crippen molar-refractivity contribution in [3.05, 3.63) is 17.4 Å². The van der Waals surface area contributed by atoms with Crippen LogP contribution in [0.25, 0.3) is 0 Å². The summed E-state index contributed by atoms with van der Waals surface area (Å²) in [5.41, 5.74) is 6.32. The van der Waals surface area contributed by atoms with Crippen LogP contribution in [0.1, 0.15) is 13.8 Å². The van der Waals surface area contributed by atoms with E-state index < -0.39 is 5.54 Å². The smallest absolute Gasteiger partial charge is 0.0842 e. The van der Waals surface area contributed by atoms with Crippen LogP contribution in [0.3, 0.4) is 0 Å². The standard InChI is InChI=1S/C9H14ClN3O/c1-9(2,5-14)13-8-6(10)3-12-4-7(8)11/h3-4,14H,5,11H2,1-2H3,(H,12,13). The Morgan fingerprint density at radius 2 is 2.21 bits per heavy atom. The van der Waals surface area contributed by atoms with Crippen molar-refractivity contribution in [2.45, 2.75) is 19.4 Å². The van der Waals surface area contributed by atoms with Gasteiger partial charge in [0.25, 0.3) is 0 Å². The van der Waals surface area contributed by atoms with Gasteiger partial charge in [-0.2, -0.15) is 0 Å². The number of hydrogen-bond donors (Lipinski definition) is 3. The van der Waals surface area contributed by atoms with Crippen molar-refractivity contribution in [3.63, 3.8) is 0 Å². The first-order valence-corrected chi connectivity index (χ1v) is 4.62. The van der Waals surface area contributed by atoms with Crippen LogP contribution in [0.4, 0.5) is 11.4 Å². The zero-order valence-electron chi connectivity index (χ0n) is 8.21. The number of aliphatic hydroxyl groups excluding tert-OH is 1. The zero-order valence-corrected chi connectivity index (χ0v) is 8.97. The van der Waals surface area contributed by atoms with Crippen LogP contribution in [-0.2, 0) is 0 Å². The summed E-state index contributed by atoms with van der Waals surface area (Å²) in [7, 11) is 0. The van der Waals surface area contributed by atoms with E-state index in [-0.39, 0.29) is 6.61 Å². The van der Waals surface area contributed by atoms with Crippen LogP contribution >= 0.6 is 11.6 Å². The zero-order chi connectivity index (χ0) is 10.8. The molecule has 0 radical (unpaired) electrons. The number of hydrogen-bond acceptors (Lipinski definition) is 4. The molecule has 0 atom stereocenters. The molecule has 0 unspecified atom stereocenters. The number of nitrogens with one attached hydrogen (secondary N) is 1. The van der Waals surface area contributed by atoms with Crippen molar-refractivity contribution < 1.29 is 5.11 Å². The Hall–Kier alpha value is -1.00. The summed E-state index contributed by atoms with van der Waals surface area (Å²) in [6.45, 7) is 3.69. The predicted octanol–water partition coefficient (Wildman–Crippen LogP) is 1.50. The Kier molecular flexibility index (Phi) is 3.18. The third-order valence-corrected chi connectivity index (χ3v) is 2.07. The van der Waals surface area contributed by atoms with Gasteiger partial charge in [-0.1, -0.05) is 11.6 Å². The van der Waals surface area contributed by atoms with E-state index in [4.69, 9.17) is 22.4 Å². The molecule has 1 heterocycles. The average Bonchev–Trinajstić information content (AvgIpc) is 2.12. The summed E-state index contributed by atoms with van der Waals surface area (Å²) in [5, 5.41) is 12.6. The summed E-state index contributed by atoms with van der Waals surface area (Å²) in [5.74, 6) is 0. The maximum Gasteiger partial charge on any atom is 0.0842 e. The molecule has 5 heteroatoms. The van der Waals surface area contributed by atoms with Crippen molar-refractivity contribution in [2.75, 3.05) is 17.7 Å². The molecule has 4 nitrogen and oxygen atoms in total. The summed E-state index contributed by atoms with van der Waals surface area (Å²) in [6, 6.07) is 0. The van der Waals surface area contributed by atoms with Crippen LogP contribution in [0.5, 0.6) is 0 Å². The van der Waals surface area contributed by atoms with Crippen LogP contribution in [-0.4, -0.2) is 22.2 Å². The van der Waals surface area contributed by atoms with Gasteiger partial charge in [0.1, 0.15) is 0 Å². The van der Waals surface area contributed by atoms with Gasteiger partial charge in [-0.3, -0.25) is 4.98 Å². The van der Waals surface area contributed by atoms with Gasteiger partial charge in [0.2, 0.25) is 0 Å². The van der Waals surface area contributed by atoms with Crippen LogP contribution in [0.2, 0.25) is 5.02 Å². The molecule has 0 aliphatic carbocycles. The van der Waals surface area contributed by atoms with Crippen molar-refractivity contribution in [2.24, 2.45) is 0 Å². The van der Waals surface area contributed by atoms with Crippen molar-refractivity contribution in [1.29, 1.82) is 0 Å². The number of halogens is 1. The Balaban J connectivity index is 2.97. The lowest BCUT2D eigenvalue weighted by molar-refractivity contribution is 0.234. The topological polar surface area (TPSA) is 71.2 Å². The quantitative estimate of drug-likeness (QED) is 0.715. The molecule has 0 saturated heterocycles. The van der Waals surface area contributed by atoms with Crippen molar-refractivity contribution >= 4 is 23.0 Å². The molecule has 0 aliphatic rings. The molecule has 0 bridgehead atoms. The van der Waals surface area contributed by atoms with E-state index in [1.54, 1.807) is 0 Å². The highest BCUT2D eigenvalue weighted by molar-refractivity contribution is 6.33. The fourth-order valence-electron chi connectivity index (χ4n) is 0.960. The van der Waals surface area contributed by atoms with Crippen LogP contribution in [0, 0.1) is 0 Å². The second-order valence-electron chi connectivity index (χ2n) is 3.75. The normalized spacial score (nSPS) is 11.4. The van der Waals surface area contributed by atoms with Crippen molar-refractivity contribution in [1.82, 2.24) is 4.98 Å². The van der Waals surface area contributed by atoms with E-state index in [1.165, 1.54) is 12.4 Å². The highest BCUT2D eigenvalue weighted by Gasteiger charge is 2.18. The summed E-state index contributed by atoms with van der Waals surface area (Å²) in [4.78, 5) is 3.84. The van der Waals surface area contributed by atoms with Gasteiger partial charge >= 0.3 is 0 Å². The van der Waals surface area contributed by atoms with Crippen LogP contribution < -0.4 is 11.1 Å². The number of anilines is 2. The SMILES string of the molecule is CC(C)(CO)Nc1c(N)cncc1Cl. The summed E-state index contributed by atoms with van der Waals surface area (Å²) >= 11 is 5.91. The molecule has 1 aromatic heterocycles. The lowest BCUT2D eigenvalue weighted by Crippen LogP contribution is -2.35. The van der Waals surface area contributed by atoms with Crippen LogP contribution in [0.15, 0.2) is 12.4 Å². The fourth-order valence-corrected chi connectivity index (χ4v) is 1.17. The molecule has 0 saturated carbocycles. The Labute approximate surface area is 88.1 Å². The monoisotopic (exact) mass is 215 g/mol. The van der Waals surface area contributed by atoms with E-state index in [0.717, 1.165) is 0 Å². The first-order chi connectivity index (χ1) is 6.46. The fraction of sp³-hybridized carbons (Fsp3) is 0.444. The molecule has 78 valence electrons. The largest absolute Gasteiger partial charge is 0.396 e. The molecule has 0 amide bonds. The first kappa shape index (κ1) is 11.1. The highest BCUT2D eigenvalue weighted by atomic mass is 35.5. The minimum absolute atomic E-state index is 0.00884. The molecule has 0 fully saturated rings. The number of pyridine rings is 1. The molecule has 1 aromatic rings. The Morgan fingerprint density at radius 3 is 2.71 bits per heavy atom. The average molecular weight is 216 g/mol. The molecular weight excluding hydrogens is 202 g/mol. The van der Waals surface area contributed by atoms with Gasteiger partial charge in [0.15, 0.2) is 0 Å². The molecule has 0 spiro atoms. The van der Waals surface area contributed by atoms with Gasteiger partial charge in [-0.05, 0) is 13.8 Å². The number of aliphatic hydroxyl groups is 1. The Morgan fingerprint density at radius 1 is 1.57 bits per heavy atom. The molecular formula is C9H14ClN3O. The number of rotatable bonds is 3. The lowest BCUT2D eigenvalue weighted by atomic mass is 10.1. The summed E-state index contributed by atoms with van der Waals surface area (Å²) in [6.07, 6.45) is 3.02. The van der Waals surface area contributed by atoms with E-state index in [1.807, 2.05) is 13.8 Å². The van der Waals surface area contributed by atoms with Gasteiger partial charge in [0.05, 0.1) is 34.7 Å². The van der Waals surface area contributed by atoms with Gasteiger partial charge in [-0.15, -0.1) is 0 Å². The molecule has 0 aliphatic heterocycles. The molecule has 4 N–H and O–H groups in total. The maximum atomic E-state index is 9.08. The van der Waals surface area contributed by atoms with Gasteiger partial charge in [0, 0.05) is 6.20 Å². The number of nitrogen functional groups attached to an aromatic ring is 1. The minimum atomic E-state index is -0.459. The lowest BCUT2D eigenvalue weighted by Gasteiger charge is -2.26. The van der Waals surface area contributed by atoms with E-state index in [0.29, 0.717) is 16.4 Å². The molecule has 0 aromatic carbocycles. The third kappa shape index (κ3) is 2.49. The van der Waals surface area contributed by atoms with E-state index in [2.05, 4.69) is 10.3 Å². The van der Waals surface area contributed by atoms with Crippen molar-refractivity contribution in [3.8, 4) is 0 Å². The number of aromatic nitrogens is 1. The number of nitrogens with two attached hydrogens (primary N) is 1. The second-order valence-corrected chi connectivity index (χ2v) is 4.16. The minimum Gasteiger partial charge on any atom is -0.396 e. The van der Waals surface area contributed by atoms with E-state index in [9.17, 15) is 0 Å². The van der Waals surface area contributed by atoms with Gasteiger partial charge in [-0.25, -0.2) is 0 Å². The number of nitrogens with zero attached hydrogens (tertiary/aromatic N) is 1. The molecule has 14 heavy (non-hydrogen) atoms. The second kappa shape index (κ2) is 4.02. The molecule has 1 rings (SSSR count). The maximum absolute atomic E-state index is 9.08. The Bertz CT molecular complexity index is 308. The highest BCUT2D eigenvalue weighted by Crippen LogP contribution is 2.29. The van der Waals surface area contributed by atoms with Gasteiger partial charge < -0.3 is 16.2 Å². The third-order valence-electron chi connectivity index (χ3n) is 1.79.